The van der Waals surface area contributed by atoms with Crippen molar-refractivity contribution in [2.45, 2.75) is 44.6 Å². The Morgan fingerprint density at radius 3 is 2.34 bits per heavy atom. The molecule has 2 heterocycles. The summed E-state index contributed by atoms with van der Waals surface area (Å²) >= 11 is 0. The molecule has 0 radical (unpaired) electrons. The highest BCUT2D eigenvalue weighted by molar-refractivity contribution is 6.07. The number of fused-ring (bicyclic) bond motifs is 3. The Morgan fingerprint density at radius 1 is 1.06 bits per heavy atom. The van der Waals surface area contributed by atoms with Crippen molar-refractivity contribution in [1.82, 2.24) is 4.90 Å². The fourth-order valence-electron chi connectivity index (χ4n) is 4.35. The minimum atomic E-state index is -0.855. The van der Waals surface area contributed by atoms with Gasteiger partial charge >= 0.3 is 0 Å². The monoisotopic (exact) mass is 443 g/mol. The molecule has 0 aromatic heterocycles. The molecular formula is C24H29NO7. The van der Waals surface area contributed by atoms with Crippen LogP contribution in [0.1, 0.15) is 53.2 Å². The third-order valence-corrected chi connectivity index (χ3v) is 6.19. The molecule has 172 valence electrons. The van der Waals surface area contributed by atoms with Crippen LogP contribution in [0, 0.1) is 0 Å². The quantitative estimate of drug-likeness (QED) is 0.532. The molecule has 8 nitrogen and oxygen atoms in total. The maximum atomic E-state index is 13.5. The lowest BCUT2D eigenvalue weighted by atomic mass is 9.83. The van der Waals surface area contributed by atoms with Gasteiger partial charge in [-0.3, -0.25) is 4.79 Å². The molecule has 4 rings (SSSR count). The van der Waals surface area contributed by atoms with Gasteiger partial charge in [-0.05, 0) is 64.9 Å². The van der Waals surface area contributed by atoms with Gasteiger partial charge < -0.3 is 34.8 Å². The van der Waals surface area contributed by atoms with Crippen molar-refractivity contribution in [2.24, 2.45) is 0 Å². The van der Waals surface area contributed by atoms with E-state index in [0.717, 1.165) is 12.0 Å². The number of phenolic OH excluding ortho intramolecular Hbond substituents is 4. The average molecular weight is 443 g/mol. The first-order valence-corrected chi connectivity index (χ1v) is 10.7. The number of carbonyl (C=O) groups is 1. The molecule has 0 aliphatic carbocycles. The number of likely N-dealkylation sites (N-methyl/N-ethyl adjacent to an activating group) is 1. The van der Waals surface area contributed by atoms with Gasteiger partial charge in [0, 0.05) is 17.7 Å². The molecule has 2 aromatic rings. The van der Waals surface area contributed by atoms with Gasteiger partial charge in [-0.15, -0.1) is 0 Å². The van der Waals surface area contributed by atoms with E-state index in [1.165, 1.54) is 12.1 Å². The van der Waals surface area contributed by atoms with Gasteiger partial charge in [0.1, 0.15) is 35.0 Å². The van der Waals surface area contributed by atoms with E-state index in [9.17, 15) is 25.2 Å². The SMILES string of the molecule is CN(C)CCc1c(O)c2c(c3c1OC(C)(C)CC3)OCC(c1cc(O)c(O)c(O)c1)C2=O. The molecule has 1 unspecified atom stereocenters. The molecule has 8 heteroatoms. The normalized spacial score (nSPS) is 19.2. The maximum Gasteiger partial charge on any atom is 0.200 e. The summed E-state index contributed by atoms with van der Waals surface area (Å²) in [7, 11) is 3.86. The second kappa shape index (κ2) is 7.78. The molecule has 0 amide bonds. The summed E-state index contributed by atoms with van der Waals surface area (Å²) < 4.78 is 12.3. The topological polar surface area (TPSA) is 120 Å². The van der Waals surface area contributed by atoms with Gasteiger partial charge in [0.15, 0.2) is 23.0 Å². The highest BCUT2D eigenvalue weighted by atomic mass is 16.5. The zero-order valence-corrected chi connectivity index (χ0v) is 18.7. The lowest BCUT2D eigenvalue weighted by Gasteiger charge is -2.37. The molecular weight excluding hydrogens is 414 g/mol. The molecule has 0 saturated carbocycles. The molecule has 0 saturated heterocycles. The van der Waals surface area contributed by atoms with Crippen molar-refractivity contribution in [3.05, 3.63) is 34.4 Å². The predicted molar refractivity (Wildman–Crippen MR) is 117 cm³/mol. The molecule has 0 bridgehead atoms. The lowest BCUT2D eigenvalue weighted by molar-refractivity contribution is 0.0785. The first kappa shape index (κ1) is 22.1. The fourth-order valence-corrected chi connectivity index (χ4v) is 4.35. The van der Waals surface area contributed by atoms with E-state index in [-0.39, 0.29) is 29.3 Å². The highest BCUT2D eigenvalue weighted by Crippen LogP contribution is 2.51. The van der Waals surface area contributed by atoms with Crippen LogP contribution in [-0.2, 0) is 12.8 Å². The third-order valence-electron chi connectivity index (χ3n) is 6.19. The molecule has 2 aliphatic rings. The summed E-state index contributed by atoms with van der Waals surface area (Å²) in [5, 5.41) is 40.6. The summed E-state index contributed by atoms with van der Waals surface area (Å²) in [4.78, 5) is 15.5. The first-order valence-electron chi connectivity index (χ1n) is 10.7. The number of hydrogen-bond donors (Lipinski definition) is 4. The van der Waals surface area contributed by atoms with E-state index in [2.05, 4.69) is 0 Å². The first-order chi connectivity index (χ1) is 15.0. The smallest absolute Gasteiger partial charge is 0.200 e. The molecule has 32 heavy (non-hydrogen) atoms. The fraction of sp³-hybridized carbons (Fsp3) is 0.458. The van der Waals surface area contributed by atoms with Crippen LogP contribution in [-0.4, -0.2) is 64.0 Å². The summed E-state index contributed by atoms with van der Waals surface area (Å²) in [5.41, 5.74) is 1.35. The van der Waals surface area contributed by atoms with Crippen LogP contribution in [0.15, 0.2) is 12.1 Å². The van der Waals surface area contributed by atoms with Crippen LogP contribution in [0.3, 0.4) is 0 Å². The van der Waals surface area contributed by atoms with E-state index >= 15 is 0 Å². The van der Waals surface area contributed by atoms with E-state index in [1.54, 1.807) is 0 Å². The highest BCUT2D eigenvalue weighted by Gasteiger charge is 2.41. The van der Waals surface area contributed by atoms with Crippen LogP contribution in [0.5, 0.6) is 34.5 Å². The number of hydrogen-bond acceptors (Lipinski definition) is 8. The zero-order chi connectivity index (χ0) is 23.4. The Kier molecular flexibility index (Phi) is 5.36. The predicted octanol–water partition coefficient (Wildman–Crippen LogP) is 3.08. The van der Waals surface area contributed by atoms with E-state index in [4.69, 9.17) is 9.47 Å². The van der Waals surface area contributed by atoms with Crippen molar-refractivity contribution < 1.29 is 34.7 Å². The van der Waals surface area contributed by atoms with Gasteiger partial charge in [0.05, 0.1) is 5.92 Å². The number of nitrogens with zero attached hydrogens (tertiary/aromatic N) is 1. The van der Waals surface area contributed by atoms with Crippen LogP contribution in [0.25, 0.3) is 0 Å². The number of phenols is 4. The summed E-state index contributed by atoms with van der Waals surface area (Å²) in [6.07, 6.45) is 1.88. The zero-order valence-electron chi connectivity index (χ0n) is 18.7. The standard InChI is InChI=1S/C24H29NO7/c1-24(2)7-5-14-22(32-24)13(6-8-25(3)4)19(28)18-20(29)15(11-31-23(14)18)12-9-16(26)21(30)17(27)10-12/h9-10,15,26-28,30H,5-8,11H2,1-4H3. The van der Waals surface area contributed by atoms with E-state index < -0.39 is 28.8 Å². The number of ether oxygens (including phenoxy) is 2. The van der Waals surface area contributed by atoms with Gasteiger partial charge in [0.25, 0.3) is 0 Å². The number of benzene rings is 2. The second-order valence-electron chi connectivity index (χ2n) is 9.39. The summed E-state index contributed by atoms with van der Waals surface area (Å²) in [6, 6.07) is 2.44. The summed E-state index contributed by atoms with van der Waals surface area (Å²) in [5.74, 6) is -2.16. The number of aromatic hydroxyl groups is 4. The molecule has 2 aliphatic heterocycles. The van der Waals surface area contributed by atoms with Gasteiger partial charge in [-0.25, -0.2) is 0 Å². The van der Waals surface area contributed by atoms with Gasteiger partial charge in [0.2, 0.25) is 0 Å². The minimum absolute atomic E-state index is 0.0260. The Balaban J connectivity index is 1.84. The number of rotatable bonds is 4. The van der Waals surface area contributed by atoms with Crippen LogP contribution < -0.4 is 9.47 Å². The average Bonchev–Trinajstić information content (AvgIpc) is 2.70. The second-order valence-corrected chi connectivity index (χ2v) is 9.39. The Labute approximate surface area is 186 Å². The van der Waals surface area contributed by atoms with Crippen molar-refractivity contribution in [3.8, 4) is 34.5 Å². The van der Waals surface area contributed by atoms with Crippen molar-refractivity contribution in [1.29, 1.82) is 0 Å². The number of carbonyl (C=O) groups excluding carboxylic acids is 1. The minimum Gasteiger partial charge on any atom is -0.507 e. The molecule has 4 N–H and O–H groups in total. The van der Waals surface area contributed by atoms with Crippen LogP contribution >= 0.6 is 0 Å². The van der Waals surface area contributed by atoms with Gasteiger partial charge in [-0.1, -0.05) is 0 Å². The Hall–Kier alpha value is -3.13. The lowest BCUT2D eigenvalue weighted by Crippen LogP contribution is -2.35. The van der Waals surface area contributed by atoms with E-state index in [1.807, 2.05) is 32.8 Å². The number of Topliss-reactive ketones (excluding diaryl/α,β-unsaturated/α-hetero) is 1. The maximum absolute atomic E-state index is 13.5. The largest absolute Gasteiger partial charge is 0.507 e. The van der Waals surface area contributed by atoms with E-state index in [0.29, 0.717) is 36.4 Å². The molecule has 0 fully saturated rings. The summed E-state index contributed by atoms with van der Waals surface area (Å²) in [6.45, 7) is 4.62. The van der Waals surface area contributed by atoms with Crippen LogP contribution in [0.4, 0.5) is 0 Å². The Morgan fingerprint density at radius 2 is 1.72 bits per heavy atom. The third kappa shape index (κ3) is 3.68. The van der Waals surface area contributed by atoms with Crippen molar-refractivity contribution in [3.63, 3.8) is 0 Å². The van der Waals surface area contributed by atoms with Crippen LogP contribution in [0.2, 0.25) is 0 Å². The molecule has 1 atom stereocenters. The van der Waals surface area contributed by atoms with Crippen molar-refractivity contribution >= 4 is 5.78 Å². The van der Waals surface area contributed by atoms with Gasteiger partial charge in [-0.2, -0.15) is 0 Å². The Bertz CT molecular complexity index is 1070. The number of ketones is 1. The molecule has 2 aromatic carbocycles. The van der Waals surface area contributed by atoms with Crippen molar-refractivity contribution in [2.75, 3.05) is 27.2 Å². The molecule has 0 spiro atoms.